The first-order valence-electron chi connectivity index (χ1n) is 13.1. The molecule has 0 aromatic heterocycles. The van der Waals surface area contributed by atoms with E-state index in [0.717, 1.165) is 15.4 Å². The van der Waals surface area contributed by atoms with Crippen LogP contribution in [-0.4, -0.2) is 50.9 Å². The molecule has 0 heterocycles. The largest absolute Gasteiger partial charge is 0.494 e. The minimum absolute atomic E-state index is 0.0625. The van der Waals surface area contributed by atoms with Gasteiger partial charge in [-0.1, -0.05) is 55.0 Å². The highest BCUT2D eigenvalue weighted by Gasteiger charge is 2.33. The van der Waals surface area contributed by atoms with Gasteiger partial charge >= 0.3 is 0 Å². The molecule has 0 spiro atoms. The SMILES string of the molecule is CCNC(=O)C(CC)N(Cc1ccc(C)cc1)C(=O)CN(c1ccc(OCC)cc1)S(=O)(=O)c1ccccc1. The molecule has 39 heavy (non-hydrogen) atoms. The molecule has 1 unspecified atom stereocenters. The summed E-state index contributed by atoms with van der Waals surface area (Å²) in [5.41, 5.74) is 2.23. The van der Waals surface area contributed by atoms with Gasteiger partial charge in [-0.2, -0.15) is 0 Å². The summed E-state index contributed by atoms with van der Waals surface area (Å²) in [5, 5.41) is 2.81. The molecule has 9 heteroatoms. The van der Waals surface area contributed by atoms with Gasteiger partial charge in [0.05, 0.1) is 17.2 Å². The first kappa shape index (κ1) is 29.7. The van der Waals surface area contributed by atoms with E-state index in [1.165, 1.54) is 17.0 Å². The van der Waals surface area contributed by atoms with Crippen LogP contribution in [0.25, 0.3) is 0 Å². The maximum absolute atomic E-state index is 14.0. The number of likely N-dealkylation sites (N-methyl/N-ethyl adjacent to an activating group) is 1. The molecule has 0 aliphatic rings. The molecule has 0 saturated carbocycles. The van der Waals surface area contributed by atoms with E-state index >= 15 is 0 Å². The van der Waals surface area contributed by atoms with Gasteiger partial charge in [0.15, 0.2) is 0 Å². The van der Waals surface area contributed by atoms with Crippen LogP contribution in [-0.2, 0) is 26.2 Å². The van der Waals surface area contributed by atoms with E-state index in [1.54, 1.807) is 42.5 Å². The summed E-state index contributed by atoms with van der Waals surface area (Å²) in [6.45, 7) is 8.06. The number of carbonyl (C=O) groups excluding carboxylic acids is 2. The van der Waals surface area contributed by atoms with Gasteiger partial charge in [-0.15, -0.1) is 0 Å². The second-order valence-corrected chi connectivity index (χ2v) is 10.9. The zero-order valence-electron chi connectivity index (χ0n) is 23.0. The molecule has 8 nitrogen and oxygen atoms in total. The zero-order chi connectivity index (χ0) is 28.4. The minimum Gasteiger partial charge on any atom is -0.494 e. The topological polar surface area (TPSA) is 96.0 Å². The van der Waals surface area contributed by atoms with Crippen LogP contribution in [0.1, 0.15) is 38.3 Å². The molecular weight excluding hydrogens is 514 g/mol. The number of aryl methyl sites for hydroxylation is 1. The molecular formula is C30H37N3O5S. The second-order valence-electron chi connectivity index (χ2n) is 9.08. The lowest BCUT2D eigenvalue weighted by Crippen LogP contribution is -2.52. The number of ether oxygens (including phenoxy) is 1. The van der Waals surface area contributed by atoms with Crippen LogP contribution < -0.4 is 14.4 Å². The Labute approximate surface area is 231 Å². The molecule has 2 amide bonds. The molecule has 0 aliphatic heterocycles. The van der Waals surface area contributed by atoms with E-state index in [4.69, 9.17) is 4.74 Å². The van der Waals surface area contributed by atoms with Gasteiger partial charge in [0.2, 0.25) is 11.8 Å². The normalized spacial score (nSPS) is 11.9. The molecule has 0 radical (unpaired) electrons. The standard InChI is InChI=1S/C30H37N3O5S/c1-5-28(30(35)31-6-2)32(21-24-15-13-23(4)14-16-24)29(34)22-33(25-17-19-26(20-18-25)38-7-3)39(36,37)27-11-9-8-10-12-27/h8-20,28H,5-7,21-22H2,1-4H3,(H,31,35). The van der Waals surface area contributed by atoms with Crippen molar-refractivity contribution in [2.45, 2.75) is 51.6 Å². The smallest absolute Gasteiger partial charge is 0.264 e. The first-order valence-corrected chi connectivity index (χ1v) is 14.6. The highest BCUT2D eigenvalue weighted by Crippen LogP contribution is 2.27. The lowest BCUT2D eigenvalue weighted by molar-refractivity contribution is -0.140. The fourth-order valence-corrected chi connectivity index (χ4v) is 5.66. The maximum atomic E-state index is 14.0. The van der Waals surface area contributed by atoms with E-state index in [0.29, 0.717) is 31.0 Å². The van der Waals surface area contributed by atoms with E-state index in [1.807, 2.05) is 52.0 Å². The van der Waals surface area contributed by atoms with Crippen molar-refractivity contribution < 1.29 is 22.7 Å². The van der Waals surface area contributed by atoms with Crippen LogP contribution in [0.15, 0.2) is 83.8 Å². The number of benzene rings is 3. The average Bonchev–Trinajstić information content (AvgIpc) is 2.94. The van der Waals surface area contributed by atoms with Crippen molar-refractivity contribution in [1.29, 1.82) is 0 Å². The molecule has 0 fully saturated rings. The van der Waals surface area contributed by atoms with Crippen LogP contribution in [0, 0.1) is 6.92 Å². The summed E-state index contributed by atoms with van der Waals surface area (Å²) in [4.78, 5) is 28.5. The van der Waals surface area contributed by atoms with Crippen molar-refractivity contribution in [2.75, 3.05) is 24.0 Å². The molecule has 3 rings (SSSR count). The Bertz CT molecular complexity index is 1330. The Morgan fingerprint density at radius 1 is 0.897 bits per heavy atom. The summed E-state index contributed by atoms with van der Waals surface area (Å²) in [7, 11) is -4.10. The van der Waals surface area contributed by atoms with Gasteiger partial charge in [-0.25, -0.2) is 8.42 Å². The highest BCUT2D eigenvalue weighted by atomic mass is 32.2. The quantitative estimate of drug-likeness (QED) is 0.337. The number of rotatable bonds is 13. The lowest BCUT2D eigenvalue weighted by Gasteiger charge is -2.33. The summed E-state index contributed by atoms with van der Waals surface area (Å²) >= 11 is 0. The number of anilines is 1. The van der Waals surface area contributed by atoms with Crippen molar-refractivity contribution in [3.8, 4) is 5.75 Å². The number of nitrogens with zero attached hydrogens (tertiary/aromatic N) is 2. The minimum atomic E-state index is -4.10. The van der Waals surface area contributed by atoms with Crippen LogP contribution >= 0.6 is 0 Å². The summed E-state index contributed by atoms with van der Waals surface area (Å²) < 4.78 is 34.2. The van der Waals surface area contributed by atoms with E-state index in [2.05, 4.69) is 5.32 Å². The third kappa shape index (κ3) is 7.60. The predicted molar refractivity (Wildman–Crippen MR) is 153 cm³/mol. The molecule has 0 aliphatic carbocycles. The van der Waals surface area contributed by atoms with Gasteiger partial charge < -0.3 is 15.0 Å². The van der Waals surface area contributed by atoms with E-state index in [9.17, 15) is 18.0 Å². The van der Waals surface area contributed by atoms with Crippen molar-refractivity contribution in [2.24, 2.45) is 0 Å². The fourth-order valence-electron chi connectivity index (χ4n) is 4.23. The fraction of sp³-hybridized carbons (Fsp3) is 0.333. The molecule has 3 aromatic carbocycles. The Morgan fingerprint density at radius 2 is 1.54 bits per heavy atom. The third-order valence-corrected chi connectivity index (χ3v) is 8.04. The molecule has 1 N–H and O–H groups in total. The van der Waals surface area contributed by atoms with Gasteiger partial charge in [0.25, 0.3) is 10.0 Å². The van der Waals surface area contributed by atoms with Gasteiger partial charge in [0.1, 0.15) is 18.3 Å². The summed E-state index contributed by atoms with van der Waals surface area (Å²) in [5.74, 6) is -0.172. The molecule has 3 aromatic rings. The average molecular weight is 552 g/mol. The number of hydrogen-bond donors (Lipinski definition) is 1. The number of hydrogen-bond acceptors (Lipinski definition) is 5. The molecule has 0 saturated heterocycles. The van der Waals surface area contributed by atoms with Gasteiger partial charge in [-0.05, 0) is 69.2 Å². The van der Waals surface area contributed by atoms with Gasteiger partial charge in [-0.3, -0.25) is 13.9 Å². The van der Waals surface area contributed by atoms with Crippen LogP contribution in [0.3, 0.4) is 0 Å². The van der Waals surface area contributed by atoms with E-state index in [-0.39, 0.29) is 17.3 Å². The zero-order valence-corrected chi connectivity index (χ0v) is 23.8. The Kier molecular flexibility index (Phi) is 10.5. The predicted octanol–water partition coefficient (Wildman–Crippen LogP) is 4.53. The third-order valence-electron chi connectivity index (χ3n) is 6.26. The van der Waals surface area contributed by atoms with Crippen molar-refractivity contribution in [1.82, 2.24) is 10.2 Å². The Balaban J connectivity index is 2.04. The highest BCUT2D eigenvalue weighted by molar-refractivity contribution is 7.92. The van der Waals surface area contributed by atoms with Crippen LogP contribution in [0.5, 0.6) is 5.75 Å². The maximum Gasteiger partial charge on any atom is 0.264 e. The van der Waals surface area contributed by atoms with E-state index < -0.39 is 28.5 Å². The number of amides is 2. The number of nitrogens with one attached hydrogen (secondary N) is 1. The van der Waals surface area contributed by atoms with Crippen molar-refractivity contribution in [3.05, 3.63) is 90.0 Å². The van der Waals surface area contributed by atoms with Crippen LogP contribution in [0.4, 0.5) is 5.69 Å². The molecule has 0 bridgehead atoms. The van der Waals surface area contributed by atoms with Gasteiger partial charge in [0, 0.05) is 13.1 Å². The Hall–Kier alpha value is -3.85. The van der Waals surface area contributed by atoms with Crippen molar-refractivity contribution in [3.63, 3.8) is 0 Å². The Morgan fingerprint density at radius 3 is 2.10 bits per heavy atom. The number of sulfonamides is 1. The summed E-state index contributed by atoms with van der Waals surface area (Å²) in [6.07, 6.45) is 0.373. The molecule has 208 valence electrons. The monoisotopic (exact) mass is 551 g/mol. The first-order chi connectivity index (χ1) is 18.7. The lowest BCUT2D eigenvalue weighted by atomic mass is 10.1. The van der Waals surface area contributed by atoms with Crippen LogP contribution in [0.2, 0.25) is 0 Å². The second kappa shape index (κ2) is 13.8. The molecule has 1 atom stereocenters. The van der Waals surface area contributed by atoms with Crippen molar-refractivity contribution >= 4 is 27.5 Å². The summed E-state index contributed by atoms with van der Waals surface area (Å²) in [6, 6.07) is 21.5. The number of carbonyl (C=O) groups is 2.